The number of dihydropyridines is 1. The van der Waals surface area contributed by atoms with Gasteiger partial charge < -0.3 is 10.4 Å². The molecular formula is C19H18N2O3. The van der Waals surface area contributed by atoms with Gasteiger partial charge in [0, 0.05) is 5.70 Å². The molecule has 0 saturated carbocycles. The van der Waals surface area contributed by atoms with Gasteiger partial charge in [0.05, 0.1) is 10.6 Å². The van der Waals surface area contributed by atoms with Gasteiger partial charge in [0.2, 0.25) is 0 Å². The highest BCUT2D eigenvalue weighted by Gasteiger charge is 2.37. The largest absolute Gasteiger partial charge is 0.508 e. The number of hydrogen-bond donors (Lipinski definition) is 2. The van der Waals surface area contributed by atoms with Crippen molar-refractivity contribution < 1.29 is 10.0 Å². The van der Waals surface area contributed by atoms with Crippen molar-refractivity contribution >= 4 is 5.57 Å². The van der Waals surface area contributed by atoms with E-state index in [2.05, 4.69) is 5.32 Å². The van der Waals surface area contributed by atoms with Crippen molar-refractivity contribution in [3.05, 3.63) is 92.9 Å². The van der Waals surface area contributed by atoms with Crippen LogP contribution >= 0.6 is 0 Å². The molecule has 1 aliphatic heterocycles. The average molecular weight is 322 g/mol. The van der Waals surface area contributed by atoms with Crippen molar-refractivity contribution in [2.24, 2.45) is 0 Å². The smallest absolute Gasteiger partial charge is 0.276 e. The Morgan fingerprint density at radius 1 is 1.00 bits per heavy atom. The van der Waals surface area contributed by atoms with E-state index in [-0.39, 0.29) is 16.4 Å². The van der Waals surface area contributed by atoms with E-state index in [1.54, 1.807) is 31.2 Å². The number of phenolic OH excluding ortho intramolecular Hbond substituents is 1. The van der Waals surface area contributed by atoms with Gasteiger partial charge in [-0.2, -0.15) is 0 Å². The lowest BCUT2D eigenvalue weighted by Gasteiger charge is -2.28. The van der Waals surface area contributed by atoms with E-state index in [1.807, 2.05) is 37.3 Å². The molecule has 2 N–H and O–H groups in total. The van der Waals surface area contributed by atoms with Crippen LogP contribution in [0.5, 0.6) is 5.75 Å². The van der Waals surface area contributed by atoms with Gasteiger partial charge in [0.1, 0.15) is 11.7 Å². The third-order valence-corrected chi connectivity index (χ3v) is 4.23. The molecule has 1 aliphatic rings. The molecule has 1 unspecified atom stereocenters. The highest BCUT2D eigenvalue weighted by molar-refractivity contribution is 5.78. The number of benzene rings is 2. The second-order valence-electron chi connectivity index (χ2n) is 5.82. The highest BCUT2D eigenvalue weighted by atomic mass is 16.6. The molecule has 122 valence electrons. The van der Waals surface area contributed by atoms with Gasteiger partial charge in [-0.25, -0.2) is 0 Å². The maximum absolute atomic E-state index is 11.7. The van der Waals surface area contributed by atoms with Crippen molar-refractivity contribution in [2.45, 2.75) is 19.8 Å². The molecule has 0 spiro atoms. The Balaban J connectivity index is 2.23. The van der Waals surface area contributed by atoms with Crippen LogP contribution < -0.4 is 5.32 Å². The van der Waals surface area contributed by atoms with Crippen molar-refractivity contribution in [3.8, 4) is 5.75 Å². The van der Waals surface area contributed by atoms with Gasteiger partial charge in [-0.1, -0.05) is 42.5 Å². The molecule has 2 aromatic carbocycles. The summed E-state index contributed by atoms with van der Waals surface area (Å²) in [6, 6.07) is 16.2. The summed E-state index contributed by atoms with van der Waals surface area (Å²) in [5.74, 6) is -0.359. The number of allylic oxidation sites excluding steroid dienone is 3. The van der Waals surface area contributed by atoms with Gasteiger partial charge in [0.25, 0.3) is 5.70 Å². The zero-order valence-electron chi connectivity index (χ0n) is 13.5. The van der Waals surface area contributed by atoms with E-state index in [0.29, 0.717) is 5.70 Å². The van der Waals surface area contributed by atoms with Crippen LogP contribution in [-0.2, 0) is 0 Å². The second-order valence-corrected chi connectivity index (χ2v) is 5.82. The van der Waals surface area contributed by atoms with E-state index in [0.717, 1.165) is 22.4 Å². The van der Waals surface area contributed by atoms with Crippen LogP contribution in [0.25, 0.3) is 5.57 Å². The summed E-state index contributed by atoms with van der Waals surface area (Å²) in [5, 5.41) is 24.4. The molecule has 24 heavy (non-hydrogen) atoms. The predicted molar refractivity (Wildman–Crippen MR) is 92.7 cm³/mol. The number of aromatic hydroxyl groups is 1. The minimum absolute atomic E-state index is 0.130. The molecule has 3 rings (SSSR count). The third kappa shape index (κ3) is 2.76. The molecule has 5 nitrogen and oxygen atoms in total. The monoisotopic (exact) mass is 322 g/mol. The molecule has 0 radical (unpaired) electrons. The number of hydrogen-bond acceptors (Lipinski definition) is 4. The van der Waals surface area contributed by atoms with Crippen LogP contribution in [0.15, 0.2) is 71.7 Å². The zero-order valence-corrected chi connectivity index (χ0v) is 13.5. The Labute approximate surface area is 140 Å². The molecule has 1 heterocycles. The van der Waals surface area contributed by atoms with E-state index >= 15 is 0 Å². The van der Waals surface area contributed by atoms with Crippen molar-refractivity contribution in [1.29, 1.82) is 0 Å². The lowest BCUT2D eigenvalue weighted by atomic mass is 9.81. The van der Waals surface area contributed by atoms with Crippen LogP contribution in [0.1, 0.15) is 30.9 Å². The quantitative estimate of drug-likeness (QED) is 0.661. The molecule has 0 amide bonds. The van der Waals surface area contributed by atoms with E-state index < -0.39 is 5.92 Å². The fraction of sp³-hybridized carbons (Fsp3) is 0.158. The zero-order chi connectivity index (χ0) is 17.3. The standard InChI is InChI=1S/C19H18N2O3/c1-12-17(14-6-4-3-5-7-14)18(15-8-10-16(22)11-9-15)19(21(23)24)13(2)20-12/h3-11,18,20,22H,1-2H3. The minimum Gasteiger partial charge on any atom is -0.508 e. The Kier molecular flexibility index (Phi) is 4.08. The van der Waals surface area contributed by atoms with Crippen molar-refractivity contribution in [1.82, 2.24) is 5.32 Å². The molecule has 0 saturated heterocycles. The fourth-order valence-electron chi connectivity index (χ4n) is 3.22. The Hall–Kier alpha value is -3.08. The molecule has 0 bridgehead atoms. The Morgan fingerprint density at radius 2 is 1.62 bits per heavy atom. The number of nitrogens with one attached hydrogen (secondary N) is 1. The van der Waals surface area contributed by atoms with Crippen LogP contribution in [0.2, 0.25) is 0 Å². The molecule has 2 aromatic rings. The molecule has 1 atom stereocenters. The lowest BCUT2D eigenvalue weighted by molar-refractivity contribution is -0.430. The number of rotatable bonds is 3. The maximum Gasteiger partial charge on any atom is 0.276 e. The predicted octanol–water partition coefficient (Wildman–Crippen LogP) is 4.02. The molecule has 0 fully saturated rings. The lowest BCUT2D eigenvalue weighted by Crippen LogP contribution is -2.27. The Bertz CT molecular complexity index is 837. The number of nitrogens with zero attached hydrogens (tertiary/aromatic N) is 1. The van der Waals surface area contributed by atoms with Crippen LogP contribution in [0.4, 0.5) is 0 Å². The number of nitro groups is 1. The molecule has 5 heteroatoms. The van der Waals surface area contributed by atoms with Crippen LogP contribution in [0.3, 0.4) is 0 Å². The SMILES string of the molecule is CC1=C(c2ccccc2)C(c2ccc(O)cc2)C([N+](=O)[O-])=C(C)N1. The summed E-state index contributed by atoms with van der Waals surface area (Å²) >= 11 is 0. The first-order valence-electron chi connectivity index (χ1n) is 7.66. The topological polar surface area (TPSA) is 75.4 Å². The Morgan fingerprint density at radius 3 is 2.21 bits per heavy atom. The van der Waals surface area contributed by atoms with Crippen LogP contribution in [-0.4, -0.2) is 10.0 Å². The summed E-state index contributed by atoms with van der Waals surface area (Å²) < 4.78 is 0. The average Bonchev–Trinajstić information content (AvgIpc) is 2.55. The van der Waals surface area contributed by atoms with Gasteiger partial charge >= 0.3 is 0 Å². The van der Waals surface area contributed by atoms with Gasteiger partial charge in [-0.3, -0.25) is 10.1 Å². The normalized spacial score (nSPS) is 17.7. The van der Waals surface area contributed by atoms with E-state index in [9.17, 15) is 15.2 Å². The first-order chi connectivity index (χ1) is 11.5. The first-order valence-corrected chi connectivity index (χ1v) is 7.66. The van der Waals surface area contributed by atoms with Crippen LogP contribution in [0, 0.1) is 10.1 Å². The van der Waals surface area contributed by atoms with E-state index in [4.69, 9.17) is 0 Å². The highest BCUT2D eigenvalue weighted by Crippen LogP contribution is 2.43. The second kappa shape index (κ2) is 6.20. The van der Waals surface area contributed by atoms with Gasteiger partial charge in [-0.05, 0) is 42.7 Å². The maximum atomic E-state index is 11.7. The summed E-state index contributed by atoms with van der Waals surface area (Å²) in [7, 11) is 0. The third-order valence-electron chi connectivity index (χ3n) is 4.23. The molecule has 0 aromatic heterocycles. The van der Waals surface area contributed by atoms with Gasteiger partial charge in [-0.15, -0.1) is 0 Å². The molecular weight excluding hydrogens is 304 g/mol. The summed E-state index contributed by atoms with van der Waals surface area (Å²) in [6.45, 7) is 3.65. The van der Waals surface area contributed by atoms with Crippen molar-refractivity contribution in [3.63, 3.8) is 0 Å². The van der Waals surface area contributed by atoms with Gasteiger partial charge in [0.15, 0.2) is 0 Å². The van der Waals surface area contributed by atoms with Crippen molar-refractivity contribution in [2.75, 3.05) is 0 Å². The fourth-order valence-corrected chi connectivity index (χ4v) is 3.22. The first kappa shape index (κ1) is 15.8. The summed E-state index contributed by atoms with van der Waals surface area (Å²) in [6.07, 6.45) is 0. The van der Waals surface area contributed by atoms with E-state index in [1.165, 1.54) is 0 Å². The molecule has 0 aliphatic carbocycles. The summed E-state index contributed by atoms with van der Waals surface area (Å²) in [5.41, 5.74) is 4.15. The number of phenols is 1. The summed E-state index contributed by atoms with van der Waals surface area (Å²) in [4.78, 5) is 11.4. The minimum atomic E-state index is -0.496.